The molecule has 3 aromatic heterocycles. The zero-order chi connectivity index (χ0) is 21.1. The molecule has 1 atom stereocenters. The van der Waals surface area contributed by atoms with E-state index in [4.69, 9.17) is 4.42 Å². The van der Waals surface area contributed by atoms with Crippen LogP contribution in [-0.2, 0) is 0 Å². The molecule has 3 heterocycles. The van der Waals surface area contributed by atoms with Crippen molar-refractivity contribution >= 4 is 28.1 Å². The molecule has 2 N–H and O–H groups in total. The third-order valence-electron chi connectivity index (χ3n) is 4.83. The van der Waals surface area contributed by atoms with E-state index >= 15 is 0 Å². The lowest BCUT2D eigenvalue weighted by atomic mass is 9.96. The van der Waals surface area contributed by atoms with Crippen LogP contribution in [0, 0.1) is 19.7 Å². The average molecular weight is 421 g/mol. The molecule has 0 bridgehead atoms. The van der Waals surface area contributed by atoms with E-state index in [-0.39, 0.29) is 17.5 Å². The van der Waals surface area contributed by atoms with Crippen LogP contribution in [0.3, 0.4) is 0 Å². The van der Waals surface area contributed by atoms with Gasteiger partial charge in [0.2, 0.25) is 0 Å². The maximum atomic E-state index is 14.1. The van der Waals surface area contributed by atoms with Gasteiger partial charge in [0.1, 0.15) is 16.6 Å². The summed E-state index contributed by atoms with van der Waals surface area (Å²) in [6.45, 7) is 3.99. The highest BCUT2D eigenvalue weighted by molar-refractivity contribution is 7.16. The van der Waals surface area contributed by atoms with Gasteiger partial charge in [-0.15, -0.1) is 11.3 Å². The minimum atomic E-state index is -0.410. The zero-order valence-electron chi connectivity index (χ0n) is 16.5. The van der Waals surface area contributed by atoms with Gasteiger partial charge >= 0.3 is 0 Å². The first kappa shape index (κ1) is 19.8. The molecular formula is C23H20FN3O2S. The van der Waals surface area contributed by atoms with E-state index < -0.39 is 6.04 Å². The Morgan fingerprint density at radius 2 is 2.00 bits per heavy atom. The molecule has 1 aromatic carbocycles. The Morgan fingerprint density at radius 3 is 2.70 bits per heavy atom. The van der Waals surface area contributed by atoms with Crippen molar-refractivity contribution in [1.82, 2.24) is 4.98 Å². The summed E-state index contributed by atoms with van der Waals surface area (Å²) < 4.78 is 19.3. The Morgan fingerprint density at radius 1 is 1.13 bits per heavy atom. The summed E-state index contributed by atoms with van der Waals surface area (Å²) in [6, 6.07) is 14.9. The zero-order valence-corrected chi connectivity index (χ0v) is 17.3. The number of aryl methyl sites for hydroxylation is 1. The largest absolute Gasteiger partial charge is 0.459 e. The Hall–Kier alpha value is -3.45. The smallest absolute Gasteiger partial charge is 0.291 e. The first-order chi connectivity index (χ1) is 14.5. The van der Waals surface area contributed by atoms with Gasteiger partial charge in [-0.2, -0.15) is 0 Å². The highest BCUT2D eigenvalue weighted by Crippen LogP contribution is 2.41. The van der Waals surface area contributed by atoms with Crippen molar-refractivity contribution in [2.24, 2.45) is 0 Å². The summed E-state index contributed by atoms with van der Waals surface area (Å²) in [4.78, 5) is 18.0. The van der Waals surface area contributed by atoms with Gasteiger partial charge in [0, 0.05) is 16.6 Å². The third-order valence-corrected chi connectivity index (χ3v) is 5.97. The predicted molar refractivity (Wildman–Crippen MR) is 117 cm³/mol. The fraction of sp³-hybridized carbons (Fsp3) is 0.130. The van der Waals surface area contributed by atoms with Crippen molar-refractivity contribution in [3.63, 3.8) is 0 Å². The summed E-state index contributed by atoms with van der Waals surface area (Å²) in [5.41, 5.74) is 2.62. The van der Waals surface area contributed by atoms with E-state index in [0.717, 1.165) is 21.6 Å². The lowest BCUT2D eigenvalue weighted by Gasteiger charge is -2.22. The predicted octanol–water partition coefficient (Wildman–Crippen LogP) is 5.95. The maximum Gasteiger partial charge on any atom is 0.291 e. The molecule has 0 radical (unpaired) electrons. The highest BCUT2D eigenvalue weighted by atomic mass is 32.1. The van der Waals surface area contributed by atoms with Gasteiger partial charge in [-0.25, -0.2) is 9.37 Å². The van der Waals surface area contributed by atoms with Gasteiger partial charge < -0.3 is 15.1 Å². The molecule has 0 saturated heterocycles. The van der Waals surface area contributed by atoms with Crippen molar-refractivity contribution in [2.45, 2.75) is 19.9 Å². The van der Waals surface area contributed by atoms with Crippen LogP contribution in [0.2, 0.25) is 0 Å². The van der Waals surface area contributed by atoms with Crippen LogP contribution in [-0.4, -0.2) is 10.9 Å². The number of hydrogen-bond donors (Lipinski definition) is 2. The molecular weight excluding hydrogens is 401 g/mol. The SMILES string of the molecule is Cc1sc(NC(=O)c2ccco2)c(C(Nc2ccccn2)c2cccc(F)c2)c1C. The number of amides is 1. The Kier molecular flexibility index (Phi) is 5.63. The van der Waals surface area contributed by atoms with Crippen molar-refractivity contribution in [3.8, 4) is 0 Å². The topological polar surface area (TPSA) is 67.2 Å². The van der Waals surface area contributed by atoms with Gasteiger partial charge in [-0.05, 0) is 61.4 Å². The van der Waals surface area contributed by atoms with Crippen LogP contribution in [0.5, 0.6) is 0 Å². The number of anilines is 2. The number of pyridine rings is 1. The van der Waals surface area contributed by atoms with E-state index in [1.807, 2.05) is 38.1 Å². The van der Waals surface area contributed by atoms with E-state index in [9.17, 15) is 9.18 Å². The number of furan rings is 1. The second kappa shape index (κ2) is 8.51. The standard InChI is InChI=1S/C23H20FN3O2S/c1-14-15(2)30-23(27-22(28)18-9-6-12-29-18)20(14)21(16-7-5-8-17(24)13-16)26-19-10-3-4-11-25-19/h3-13,21H,1-2H3,(H,25,26)(H,27,28). The molecule has 4 aromatic rings. The molecule has 0 aliphatic carbocycles. The molecule has 0 aliphatic heterocycles. The Balaban J connectivity index is 1.79. The first-order valence-corrected chi connectivity index (χ1v) is 10.2. The van der Waals surface area contributed by atoms with Crippen molar-refractivity contribution in [1.29, 1.82) is 0 Å². The highest BCUT2D eigenvalue weighted by Gasteiger charge is 2.26. The molecule has 7 heteroatoms. The summed E-state index contributed by atoms with van der Waals surface area (Å²) in [5.74, 6) is 0.215. The number of rotatable bonds is 6. The van der Waals surface area contributed by atoms with Crippen LogP contribution in [0.25, 0.3) is 0 Å². The molecule has 0 aliphatic rings. The molecule has 0 fully saturated rings. The van der Waals surface area contributed by atoms with Crippen LogP contribution in [0.15, 0.2) is 71.5 Å². The monoisotopic (exact) mass is 421 g/mol. The molecule has 5 nitrogen and oxygen atoms in total. The lowest BCUT2D eigenvalue weighted by molar-refractivity contribution is 0.0997. The number of benzene rings is 1. The number of carbonyl (C=O) groups excluding carboxylic acids is 1. The third kappa shape index (κ3) is 4.11. The second-order valence-corrected chi connectivity index (χ2v) is 8.03. The van der Waals surface area contributed by atoms with Gasteiger partial charge in [0.25, 0.3) is 5.91 Å². The fourth-order valence-electron chi connectivity index (χ4n) is 3.26. The molecule has 30 heavy (non-hydrogen) atoms. The van der Waals surface area contributed by atoms with Crippen LogP contribution in [0.1, 0.15) is 38.2 Å². The Bertz CT molecular complexity index is 1160. The van der Waals surface area contributed by atoms with E-state index in [0.29, 0.717) is 10.8 Å². The van der Waals surface area contributed by atoms with Gasteiger partial charge in [0.15, 0.2) is 5.76 Å². The fourth-order valence-corrected chi connectivity index (χ4v) is 4.36. The number of halogens is 1. The van der Waals surface area contributed by atoms with Crippen LogP contribution in [0.4, 0.5) is 15.2 Å². The first-order valence-electron chi connectivity index (χ1n) is 9.40. The van der Waals surface area contributed by atoms with E-state index in [1.54, 1.807) is 24.4 Å². The molecule has 1 unspecified atom stereocenters. The number of hydrogen-bond acceptors (Lipinski definition) is 5. The summed E-state index contributed by atoms with van der Waals surface area (Å²) >= 11 is 1.48. The number of aromatic nitrogens is 1. The lowest BCUT2D eigenvalue weighted by Crippen LogP contribution is -2.17. The minimum Gasteiger partial charge on any atom is -0.459 e. The van der Waals surface area contributed by atoms with E-state index in [2.05, 4.69) is 15.6 Å². The normalized spacial score (nSPS) is 11.8. The second-order valence-electron chi connectivity index (χ2n) is 6.80. The van der Waals surface area contributed by atoms with Gasteiger partial charge in [-0.1, -0.05) is 18.2 Å². The van der Waals surface area contributed by atoms with Crippen molar-refractivity contribution in [3.05, 3.63) is 100 Å². The molecule has 152 valence electrons. The van der Waals surface area contributed by atoms with Crippen LogP contribution >= 0.6 is 11.3 Å². The number of nitrogens with zero attached hydrogens (tertiary/aromatic N) is 1. The number of nitrogens with one attached hydrogen (secondary N) is 2. The number of thiophene rings is 1. The minimum absolute atomic E-state index is 0.227. The number of carbonyl (C=O) groups is 1. The summed E-state index contributed by atoms with van der Waals surface area (Å²) in [6.07, 6.45) is 3.15. The van der Waals surface area contributed by atoms with Crippen molar-refractivity contribution < 1.29 is 13.6 Å². The van der Waals surface area contributed by atoms with E-state index in [1.165, 1.54) is 29.7 Å². The van der Waals surface area contributed by atoms with Crippen LogP contribution < -0.4 is 10.6 Å². The van der Waals surface area contributed by atoms with Crippen molar-refractivity contribution in [2.75, 3.05) is 10.6 Å². The molecule has 0 saturated carbocycles. The molecule has 4 rings (SSSR count). The maximum absolute atomic E-state index is 14.1. The van der Waals surface area contributed by atoms with Gasteiger partial charge in [0.05, 0.1) is 12.3 Å². The summed E-state index contributed by atoms with van der Waals surface area (Å²) in [5, 5.41) is 7.04. The average Bonchev–Trinajstić information content (AvgIpc) is 3.37. The molecule has 1 amide bonds. The summed E-state index contributed by atoms with van der Waals surface area (Å²) in [7, 11) is 0. The molecule has 0 spiro atoms. The quantitative estimate of drug-likeness (QED) is 0.404. The van der Waals surface area contributed by atoms with Gasteiger partial charge in [-0.3, -0.25) is 4.79 Å². The Labute approximate surface area is 177 Å².